The number of hydrogen-bond donors (Lipinski definition) is 3. The number of nitrogens with two attached hydrogens (primary N) is 2. The van der Waals surface area contributed by atoms with Gasteiger partial charge in [0.2, 0.25) is 5.96 Å². The molecule has 0 aliphatic carbocycles. The fraction of sp³-hybridized carbons (Fsp3) is 0.667. The fourth-order valence-corrected chi connectivity index (χ4v) is 1.71. The average Bonchev–Trinajstić information content (AvgIpc) is 2.15. The lowest BCUT2D eigenvalue weighted by atomic mass is 10.0. The van der Waals surface area contributed by atoms with Gasteiger partial charge in [-0.15, -0.1) is 0 Å². The molecule has 15 heavy (non-hydrogen) atoms. The van der Waals surface area contributed by atoms with E-state index in [1.807, 2.05) is 0 Å². The molecule has 1 atom stereocenters. The molecule has 1 saturated heterocycles. The summed E-state index contributed by atoms with van der Waals surface area (Å²) in [6.07, 6.45) is 2.12. The summed E-state index contributed by atoms with van der Waals surface area (Å²) in [5.74, 6) is -0.466. The van der Waals surface area contributed by atoms with Gasteiger partial charge in [-0.05, 0) is 18.8 Å². The molecule has 6 heteroatoms. The normalized spacial score (nSPS) is 22.6. The summed E-state index contributed by atoms with van der Waals surface area (Å²) in [7, 11) is 0. The molecule has 1 aliphatic heterocycles. The van der Waals surface area contributed by atoms with Gasteiger partial charge in [0.1, 0.15) is 0 Å². The Morgan fingerprint density at radius 1 is 1.53 bits per heavy atom. The van der Waals surface area contributed by atoms with Gasteiger partial charge < -0.3 is 16.4 Å². The second kappa shape index (κ2) is 4.77. The highest BCUT2D eigenvalue weighted by atomic mass is 16.2. The maximum absolute atomic E-state index is 11.7. The van der Waals surface area contributed by atoms with Crippen molar-refractivity contribution in [2.24, 2.45) is 22.4 Å². The minimum absolute atomic E-state index is 0.198. The van der Waals surface area contributed by atoms with E-state index >= 15 is 0 Å². The Morgan fingerprint density at radius 2 is 2.20 bits per heavy atom. The number of aliphatic imine (C=N–C) groups is 1. The minimum atomic E-state index is -0.439. The number of amides is 1. The smallest absolute Gasteiger partial charge is 0.289 e. The van der Waals surface area contributed by atoms with Gasteiger partial charge >= 0.3 is 0 Å². The van der Waals surface area contributed by atoms with Crippen molar-refractivity contribution in [2.45, 2.75) is 19.8 Å². The van der Waals surface area contributed by atoms with Crippen LogP contribution in [0, 0.1) is 11.3 Å². The molecule has 1 aliphatic rings. The average molecular weight is 211 g/mol. The molecule has 0 aromatic carbocycles. The number of piperidine rings is 1. The lowest BCUT2D eigenvalue weighted by Crippen LogP contribution is -2.45. The summed E-state index contributed by atoms with van der Waals surface area (Å²) in [6.45, 7) is 3.50. The molecule has 0 bridgehead atoms. The first-order valence-corrected chi connectivity index (χ1v) is 4.98. The summed E-state index contributed by atoms with van der Waals surface area (Å²) in [4.78, 5) is 16.8. The van der Waals surface area contributed by atoms with E-state index in [-0.39, 0.29) is 11.7 Å². The Kier molecular flexibility index (Phi) is 3.65. The number of nitrogens with one attached hydrogen (secondary N) is 1. The van der Waals surface area contributed by atoms with Crippen LogP contribution in [0.4, 0.5) is 0 Å². The van der Waals surface area contributed by atoms with Gasteiger partial charge in [-0.3, -0.25) is 10.2 Å². The largest absolute Gasteiger partial charge is 0.379 e. The predicted molar refractivity (Wildman–Crippen MR) is 58.5 cm³/mol. The minimum Gasteiger partial charge on any atom is -0.379 e. The summed E-state index contributed by atoms with van der Waals surface area (Å²) in [6, 6.07) is 0. The zero-order chi connectivity index (χ0) is 11.4. The van der Waals surface area contributed by atoms with Crippen molar-refractivity contribution in [3.05, 3.63) is 0 Å². The van der Waals surface area contributed by atoms with Crippen LogP contribution < -0.4 is 11.5 Å². The van der Waals surface area contributed by atoms with E-state index in [0.29, 0.717) is 19.0 Å². The van der Waals surface area contributed by atoms with Gasteiger partial charge in [-0.2, -0.15) is 4.99 Å². The molecule has 6 nitrogen and oxygen atoms in total. The second-order valence-corrected chi connectivity index (χ2v) is 3.88. The van der Waals surface area contributed by atoms with Crippen LogP contribution in [-0.4, -0.2) is 35.7 Å². The molecular formula is C9H17N5O. The molecule has 0 spiro atoms. The van der Waals surface area contributed by atoms with E-state index in [2.05, 4.69) is 11.9 Å². The van der Waals surface area contributed by atoms with Crippen LogP contribution in [-0.2, 0) is 4.79 Å². The molecule has 0 saturated carbocycles. The van der Waals surface area contributed by atoms with Crippen molar-refractivity contribution in [1.29, 1.82) is 5.41 Å². The van der Waals surface area contributed by atoms with Gasteiger partial charge in [-0.25, -0.2) is 0 Å². The number of hydrogen-bond acceptors (Lipinski definition) is 2. The third-order valence-electron chi connectivity index (χ3n) is 2.40. The lowest BCUT2D eigenvalue weighted by Gasteiger charge is -2.30. The zero-order valence-corrected chi connectivity index (χ0v) is 8.86. The predicted octanol–water partition coefficient (Wildman–Crippen LogP) is -0.504. The van der Waals surface area contributed by atoms with E-state index < -0.39 is 5.96 Å². The quantitative estimate of drug-likeness (QED) is 0.371. The third-order valence-corrected chi connectivity index (χ3v) is 2.40. The van der Waals surface area contributed by atoms with E-state index in [9.17, 15) is 4.79 Å². The van der Waals surface area contributed by atoms with Crippen LogP contribution in [0.25, 0.3) is 0 Å². The first-order chi connectivity index (χ1) is 7.00. The molecular weight excluding hydrogens is 194 g/mol. The Bertz CT molecular complexity index is 299. The Hall–Kier alpha value is -1.59. The topological polar surface area (TPSA) is 109 Å². The number of rotatable bonds is 0. The van der Waals surface area contributed by atoms with Crippen molar-refractivity contribution >= 4 is 17.7 Å². The van der Waals surface area contributed by atoms with Crippen molar-refractivity contribution in [1.82, 2.24) is 4.90 Å². The molecule has 1 heterocycles. The molecule has 1 fully saturated rings. The highest BCUT2D eigenvalue weighted by Crippen LogP contribution is 2.15. The number of likely N-dealkylation sites (tertiary alicyclic amines) is 1. The van der Waals surface area contributed by atoms with Crippen LogP contribution in [0.1, 0.15) is 19.8 Å². The van der Waals surface area contributed by atoms with Crippen LogP contribution in [0.15, 0.2) is 4.99 Å². The highest BCUT2D eigenvalue weighted by molar-refractivity contribution is 6.38. The van der Waals surface area contributed by atoms with E-state index in [1.54, 1.807) is 4.90 Å². The number of amidine groups is 1. The third kappa shape index (κ3) is 3.23. The summed E-state index contributed by atoms with van der Waals surface area (Å²) < 4.78 is 0. The Balaban J connectivity index is 2.63. The molecule has 1 amide bonds. The van der Waals surface area contributed by atoms with E-state index in [4.69, 9.17) is 16.9 Å². The molecule has 1 rings (SSSR count). The lowest BCUT2D eigenvalue weighted by molar-refractivity contribution is -0.125. The molecule has 84 valence electrons. The Labute approximate surface area is 88.8 Å². The summed E-state index contributed by atoms with van der Waals surface area (Å²) >= 11 is 0. The van der Waals surface area contributed by atoms with Crippen LogP contribution in [0.5, 0.6) is 0 Å². The first kappa shape index (κ1) is 11.5. The Morgan fingerprint density at radius 3 is 2.73 bits per heavy atom. The molecule has 5 N–H and O–H groups in total. The SMILES string of the molecule is CC1CCCN(C(=O)/C(N)=N/C(=N)N)C1. The highest BCUT2D eigenvalue weighted by Gasteiger charge is 2.23. The fourth-order valence-electron chi connectivity index (χ4n) is 1.71. The number of carbonyl (C=O) groups excluding carboxylic acids is 1. The molecule has 0 aromatic rings. The van der Waals surface area contributed by atoms with Gasteiger partial charge in [0.15, 0.2) is 5.84 Å². The van der Waals surface area contributed by atoms with Gasteiger partial charge in [-0.1, -0.05) is 6.92 Å². The molecule has 0 aromatic heterocycles. The maximum atomic E-state index is 11.7. The molecule has 0 radical (unpaired) electrons. The standard InChI is InChI=1S/C9H17N5O/c1-6-3-2-4-14(5-6)8(15)7(10)13-9(11)12/h6H,2-5H2,1H3,(H5,10,11,12,13). The number of carbonyl (C=O) groups is 1. The van der Waals surface area contributed by atoms with Gasteiger partial charge in [0, 0.05) is 13.1 Å². The zero-order valence-electron chi connectivity index (χ0n) is 8.86. The van der Waals surface area contributed by atoms with Crippen molar-refractivity contribution in [3.8, 4) is 0 Å². The van der Waals surface area contributed by atoms with Crippen LogP contribution in [0.2, 0.25) is 0 Å². The second-order valence-electron chi connectivity index (χ2n) is 3.88. The summed E-state index contributed by atoms with van der Waals surface area (Å²) in [5.41, 5.74) is 10.5. The van der Waals surface area contributed by atoms with Crippen molar-refractivity contribution < 1.29 is 4.79 Å². The number of guanidine groups is 1. The maximum Gasteiger partial charge on any atom is 0.289 e. The van der Waals surface area contributed by atoms with E-state index in [0.717, 1.165) is 12.8 Å². The van der Waals surface area contributed by atoms with E-state index in [1.165, 1.54) is 0 Å². The van der Waals surface area contributed by atoms with Gasteiger partial charge in [0.05, 0.1) is 0 Å². The van der Waals surface area contributed by atoms with Crippen molar-refractivity contribution in [2.75, 3.05) is 13.1 Å². The van der Waals surface area contributed by atoms with Crippen molar-refractivity contribution in [3.63, 3.8) is 0 Å². The monoisotopic (exact) mass is 211 g/mol. The summed E-state index contributed by atoms with van der Waals surface area (Å²) in [5, 5.41) is 6.91. The number of nitrogens with zero attached hydrogens (tertiary/aromatic N) is 2. The van der Waals surface area contributed by atoms with Crippen LogP contribution >= 0.6 is 0 Å². The first-order valence-electron chi connectivity index (χ1n) is 4.98. The van der Waals surface area contributed by atoms with Crippen LogP contribution in [0.3, 0.4) is 0 Å². The molecule has 1 unspecified atom stereocenters. The van der Waals surface area contributed by atoms with Gasteiger partial charge in [0.25, 0.3) is 5.91 Å².